The van der Waals surface area contributed by atoms with Crippen LogP contribution in [0.3, 0.4) is 0 Å². The average molecular weight is 303 g/mol. The minimum absolute atomic E-state index is 0.438. The van der Waals surface area contributed by atoms with Crippen molar-refractivity contribution in [2.24, 2.45) is 5.92 Å². The predicted molar refractivity (Wildman–Crippen MR) is 81.8 cm³/mol. The van der Waals surface area contributed by atoms with E-state index in [1.807, 2.05) is 0 Å². The maximum atomic E-state index is 12.6. The summed E-state index contributed by atoms with van der Waals surface area (Å²) in [5.74, 6) is 0.438. The van der Waals surface area contributed by atoms with Crippen LogP contribution in [0.2, 0.25) is 0 Å². The predicted octanol–water partition coefficient (Wildman–Crippen LogP) is 1.43. The molecule has 2 atom stereocenters. The lowest BCUT2D eigenvalue weighted by molar-refractivity contribution is 0.194. The van der Waals surface area contributed by atoms with Crippen LogP contribution in [0.15, 0.2) is 0 Å². The molecule has 0 bridgehead atoms. The lowest BCUT2D eigenvalue weighted by Gasteiger charge is -2.39. The van der Waals surface area contributed by atoms with Crippen LogP contribution in [-0.4, -0.2) is 55.8 Å². The number of nitrogens with one attached hydrogen (secondary N) is 1. The summed E-state index contributed by atoms with van der Waals surface area (Å²) in [7, 11) is -3.21. The fourth-order valence-corrected chi connectivity index (χ4v) is 5.06. The van der Waals surface area contributed by atoms with E-state index in [0.717, 1.165) is 38.6 Å². The van der Waals surface area contributed by atoms with Crippen LogP contribution < -0.4 is 5.32 Å². The average Bonchev–Trinajstić information content (AvgIpc) is 2.99. The Labute approximate surface area is 123 Å². The third-order valence-electron chi connectivity index (χ3n) is 4.60. The van der Waals surface area contributed by atoms with Crippen molar-refractivity contribution < 1.29 is 8.42 Å². The van der Waals surface area contributed by atoms with E-state index >= 15 is 0 Å². The Bertz CT molecular complexity index is 393. The van der Waals surface area contributed by atoms with E-state index < -0.39 is 10.2 Å². The van der Waals surface area contributed by atoms with Gasteiger partial charge in [0.05, 0.1) is 0 Å². The zero-order chi connectivity index (χ0) is 14.6. The summed E-state index contributed by atoms with van der Waals surface area (Å²) >= 11 is 0. The molecule has 2 heterocycles. The lowest BCUT2D eigenvalue weighted by atomic mass is 9.91. The highest BCUT2D eigenvalue weighted by Gasteiger charge is 2.37. The smallest absolute Gasteiger partial charge is 0.281 e. The highest BCUT2D eigenvalue weighted by molar-refractivity contribution is 7.86. The Morgan fingerprint density at radius 1 is 1.10 bits per heavy atom. The van der Waals surface area contributed by atoms with E-state index in [2.05, 4.69) is 19.2 Å². The molecule has 0 aromatic rings. The number of hydrogen-bond acceptors (Lipinski definition) is 3. The van der Waals surface area contributed by atoms with Crippen LogP contribution in [-0.2, 0) is 10.2 Å². The van der Waals surface area contributed by atoms with Gasteiger partial charge in [0.25, 0.3) is 10.2 Å². The van der Waals surface area contributed by atoms with Crippen LogP contribution in [0.5, 0.6) is 0 Å². The van der Waals surface area contributed by atoms with Crippen molar-refractivity contribution in [3.05, 3.63) is 0 Å². The lowest BCUT2D eigenvalue weighted by Crippen LogP contribution is -2.53. The van der Waals surface area contributed by atoms with E-state index in [9.17, 15) is 8.42 Å². The Morgan fingerprint density at radius 2 is 1.80 bits per heavy atom. The van der Waals surface area contributed by atoms with E-state index in [4.69, 9.17) is 0 Å². The van der Waals surface area contributed by atoms with Gasteiger partial charge in [-0.25, -0.2) is 0 Å². The Hall–Kier alpha value is -0.170. The molecule has 0 aliphatic carbocycles. The largest absolute Gasteiger partial charge is 0.314 e. The topological polar surface area (TPSA) is 52.7 Å². The quantitative estimate of drug-likeness (QED) is 0.807. The van der Waals surface area contributed by atoms with Crippen LogP contribution in [0.4, 0.5) is 0 Å². The maximum absolute atomic E-state index is 12.6. The zero-order valence-corrected chi connectivity index (χ0v) is 13.7. The Kier molecular flexibility index (Phi) is 5.84. The second kappa shape index (κ2) is 7.20. The molecule has 1 N–H and O–H groups in total. The van der Waals surface area contributed by atoms with Crippen LogP contribution in [0, 0.1) is 5.92 Å². The molecule has 2 aliphatic heterocycles. The van der Waals surface area contributed by atoms with Gasteiger partial charge in [0, 0.05) is 32.2 Å². The first-order chi connectivity index (χ1) is 9.59. The molecule has 2 fully saturated rings. The van der Waals surface area contributed by atoms with Crippen molar-refractivity contribution in [3.8, 4) is 0 Å². The molecule has 0 radical (unpaired) electrons. The minimum atomic E-state index is -3.21. The van der Waals surface area contributed by atoms with Gasteiger partial charge in [-0.05, 0) is 38.1 Å². The van der Waals surface area contributed by atoms with E-state index in [0.29, 0.717) is 38.1 Å². The third kappa shape index (κ3) is 3.53. The van der Waals surface area contributed by atoms with Crippen LogP contribution >= 0.6 is 0 Å². The summed E-state index contributed by atoms with van der Waals surface area (Å²) in [6.45, 7) is 8.10. The summed E-state index contributed by atoms with van der Waals surface area (Å²) in [6.07, 6.45) is 5.11. The molecule has 0 spiro atoms. The second-order valence-corrected chi connectivity index (χ2v) is 7.92. The van der Waals surface area contributed by atoms with E-state index in [-0.39, 0.29) is 0 Å². The standard InChI is InChI=1S/C14H29N3O2S/c1-3-8-15-14-7-11-17(12-13(14)4-2)20(18,19)16-9-5-6-10-16/h13-15H,3-12H2,1-2H3. The SMILES string of the molecule is CCCNC1CCN(S(=O)(=O)N2CCCC2)CC1CC. The molecule has 2 rings (SSSR count). The maximum Gasteiger partial charge on any atom is 0.281 e. The summed E-state index contributed by atoms with van der Waals surface area (Å²) < 4.78 is 28.6. The monoisotopic (exact) mass is 303 g/mol. The number of hydrogen-bond donors (Lipinski definition) is 1. The third-order valence-corrected chi connectivity index (χ3v) is 6.60. The molecule has 0 amide bonds. The molecular formula is C14H29N3O2S. The molecule has 0 saturated carbocycles. The van der Waals surface area contributed by atoms with Crippen molar-refractivity contribution in [3.63, 3.8) is 0 Å². The van der Waals surface area contributed by atoms with Gasteiger partial charge >= 0.3 is 0 Å². The Morgan fingerprint density at radius 3 is 2.40 bits per heavy atom. The molecule has 0 aromatic heterocycles. The van der Waals surface area contributed by atoms with Crippen molar-refractivity contribution in [1.82, 2.24) is 13.9 Å². The highest BCUT2D eigenvalue weighted by Crippen LogP contribution is 2.25. The van der Waals surface area contributed by atoms with Gasteiger partial charge in [-0.2, -0.15) is 17.0 Å². The first-order valence-electron chi connectivity index (χ1n) is 8.08. The minimum Gasteiger partial charge on any atom is -0.314 e. The number of piperidine rings is 1. The highest BCUT2D eigenvalue weighted by atomic mass is 32.2. The molecule has 2 unspecified atom stereocenters. The van der Waals surface area contributed by atoms with Crippen molar-refractivity contribution in [2.45, 2.75) is 52.0 Å². The fourth-order valence-electron chi connectivity index (χ4n) is 3.30. The molecule has 2 saturated heterocycles. The van der Waals surface area contributed by atoms with Crippen molar-refractivity contribution in [2.75, 3.05) is 32.7 Å². The van der Waals surface area contributed by atoms with Gasteiger partial charge in [-0.1, -0.05) is 20.3 Å². The summed E-state index contributed by atoms with van der Waals surface area (Å²) in [4.78, 5) is 0. The van der Waals surface area contributed by atoms with Crippen molar-refractivity contribution in [1.29, 1.82) is 0 Å². The fraction of sp³-hybridized carbons (Fsp3) is 1.00. The second-order valence-electron chi connectivity index (χ2n) is 5.99. The number of rotatable bonds is 6. The van der Waals surface area contributed by atoms with E-state index in [1.54, 1.807) is 8.61 Å². The first kappa shape index (κ1) is 16.2. The normalized spacial score (nSPS) is 29.9. The summed E-state index contributed by atoms with van der Waals surface area (Å²) in [6, 6.07) is 0.477. The van der Waals surface area contributed by atoms with Gasteiger partial charge in [0.15, 0.2) is 0 Å². The van der Waals surface area contributed by atoms with Gasteiger partial charge in [0.1, 0.15) is 0 Å². The molecule has 0 aromatic carbocycles. The van der Waals surface area contributed by atoms with Crippen LogP contribution in [0.1, 0.15) is 46.0 Å². The van der Waals surface area contributed by atoms with Crippen LogP contribution in [0.25, 0.3) is 0 Å². The molecule has 6 heteroatoms. The molecule has 2 aliphatic rings. The van der Waals surface area contributed by atoms with Gasteiger partial charge in [-0.3, -0.25) is 0 Å². The zero-order valence-electron chi connectivity index (χ0n) is 12.8. The van der Waals surface area contributed by atoms with Gasteiger partial charge in [0.2, 0.25) is 0 Å². The molecule has 118 valence electrons. The number of nitrogens with zero attached hydrogens (tertiary/aromatic N) is 2. The molecule has 20 heavy (non-hydrogen) atoms. The molecular weight excluding hydrogens is 274 g/mol. The Balaban J connectivity index is 1.98. The summed E-state index contributed by atoms with van der Waals surface area (Å²) in [5.41, 5.74) is 0. The summed E-state index contributed by atoms with van der Waals surface area (Å²) in [5, 5.41) is 3.58. The van der Waals surface area contributed by atoms with Gasteiger partial charge < -0.3 is 5.32 Å². The van der Waals surface area contributed by atoms with E-state index in [1.165, 1.54) is 0 Å². The van der Waals surface area contributed by atoms with Gasteiger partial charge in [-0.15, -0.1) is 0 Å². The van der Waals surface area contributed by atoms with Crippen molar-refractivity contribution >= 4 is 10.2 Å². The molecule has 5 nitrogen and oxygen atoms in total. The first-order valence-corrected chi connectivity index (χ1v) is 9.47.